The molecule has 2 aromatic carbocycles. The highest BCUT2D eigenvalue weighted by Crippen LogP contribution is 2.35. The highest BCUT2D eigenvalue weighted by atomic mass is 35.5. The van der Waals surface area contributed by atoms with Crippen LogP contribution in [-0.2, 0) is 16.0 Å². The Morgan fingerprint density at radius 3 is 2.41 bits per heavy atom. The maximum Gasteiger partial charge on any atom is 0.283 e. The summed E-state index contributed by atoms with van der Waals surface area (Å²) in [5.74, 6) is -0.664. The van der Waals surface area contributed by atoms with Crippen molar-refractivity contribution in [3.05, 3.63) is 64.8 Å². The standard InChI is InChI=1S/C21H21ClN2O3/c1-3-4-7-14-10-12-15(13-11-14)23-19-18(22)20(25)24(21(19)26)16-8-5-6-9-17(16)27-2/h5-6,8-13,23H,3-4,7H2,1-2H3. The van der Waals surface area contributed by atoms with Crippen molar-refractivity contribution in [3.63, 3.8) is 0 Å². The van der Waals surface area contributed by atoms with Crippen LogP contribution >= 0.6 is 11.6 Å². The molecule has 1 N–H and O–H groups in total. The first kappa shape index (κ1) is 19.0. The van der Waals surface area contributed by atoms with Gasteiger partial charge in [0.15, 0.2) is 0 Å². The largest absolute Gasteiger partial charge is 0.495 e. The van der Waals surface area contributed by atoms with E-state index in [4.69, 9.17) is 16.3 Å². The zero-order valence-corrected chi connectivity index (χ0v) is 16.0. The van der Waals surface area contributed by atoms with Crippen LogP contribution in [0.5, 0.6) is 5.75 Å². The summed E-state index contributed by atoms with van der Waals surface area (Å²) < 4.78 is 5.26. The molecule has 1 aliphatic rings. The van der Waals surface area contributed by atoms with E-state index in [-0.39, 0.29) is 10.7 Å². The predicted octanol–water partition coefficient (Wildman–Crippen LogP) is 4.47. The van der Waals surface area contributed by atoms with Gasteiger partial charge in [-0.25, -0.2) is 4.90 Å². The van der Waals surface area contributed by atoms with Crippen molar-refractivity contribution in [2.45, 2.75) is 26.2 Å². The zero-order chi connectivity index (χ0) is 19.4. The Labute approximate surface area is 163 Å². The number of rotatable bonds is 7. The molecule has 5 nitrogen and oxygen atoms in total. The summed E-state index contributed by atoms with van der Waals surface area (Å²) in [6, 6.07) is 14.6. The van der Waals surface area contributed by atoms with Gasteiger partial charge in [-0.3, -0.25) is 9.59 Å². The van der Waals surface area contributed by atoms with Crippen LogP contribution in [0.15, 0.2) is 59.3 Å². The van der Waals surface area contributed by atoms with Crippen LogP contribution in [0.1, 0.15) is 25.3 Å². The van der Waals surface area contributed by atoms with Gasteiger partial charge in [0.1, 0.15) is 16.5 Å². The van der Waals surface area contributed by atoms with Crippen molar-refractivity contribution in [1.82, 2.24) is 0 Å². The van der Waals surface area contributed by atoms with Crippen LogP contribution in [0.3, 0.4) is 0 Å². The topological polar surface area (TPSA) is 58.6 Å². The molecule has 3 rings (SSSR count). The number of halogens is 1. The van der Waals surface area contributed by atoms with Crippen molar-refractivity contribution in [1.29, 1.82) is 0 Å². The molecule has 0 bridgehead atoms. The number of nitrogens with one attached hydrogen (secondary N) is 1. The first-order valence-corrected chi connectivity index (χ1v) is 9.22. The maximum atomic E-state index is 12.9. The minimum absolute atomic E-state index is 0.0638. The number of imide groups is 1. The summed E-state index contributed by atoms with van der Waals surface area (Å²) in [4.78, 5) is 26.5. The van der Waals surface area contributed by atoms with Gasteiger partial charge in [-0.2, -0.15) is 0 Å². The molecular weight excluding hydrogens is 364 g/mol. The highest BCUT2D eigenvalue weighted by Gasteiger charge is 2.40. The van der Waals surface area contributed by atoms with Crippen LogP contribution in [0, 0.1) is 0 Å². The minimum atomic E-state index is -0.576. The number of anilines is 2. The van der Waals surface area contributed by atoms with Gasteiger partial charge in [0.25, 0.3) is 11.8 Å². The molecule has 27 heavy (non-hydrogen) atoms. The van der Waals surface area contributed by atoms with Gasteiger partial charge in [-0.15, -0.1) is 0 Å². The number of unbranched alkanes of at least 4 members (excludes halogenated alkanes) is 1. The van der Waals surface area contributed by atoms with Crippen LogP contribution in [0.2, 0.25) is 0 Å². The lowest BCUT2D eigenvalue weighted by molar-refractivity contribution is -0.120. The van der Waals surface area contributed by atoms with Gasteiger partial charge < -0.3 is 10.1 Å². The average molecular weight is 385 g/mol. The van der Waals surface area contributed by atoms with Gasteiger partial charge in [0.2, 0.25) is 0 Å². The fraction of sp³-hybridized carbons (Fsp3) is 0.238. The lowest BCUT2D eigenvalue weighted by Gasteiger charge is -2.17. The fourth-order valence-electron chi connectivity index (χ4n) is 2.92. The number of hydrogen-bond acceptors (Lipinski definition) is 4. The number of carbonyl (C=O) groups excluding carboxylic acids is 2. The molecule has 0 saturated carbocycles. The molecule has 0 radical (unpaired) electrons. The monoisotopic (exact) mass is 384 g/mol. The highest BCUT2D eigenvalue weighted by molar-refractivity contribution is 6.53. The normalized spacial score (nSPS) is 14.1. The first-order valence-electron chi connectivity index (χ1n) is 8.84. The van der Waals surface area contributed by atoms with E-state index in [2.05, 4.69) is 12.2 Å². The van der Waals surface area contributed by atoms with Crippen LogP contribution in [0.4, 0.5) is 11.4 Å². The molecule has 2 aromatic rings. The molecule has 0 spiro atoms. The van der Waals surface area contributed by atoms with Crippen molar-refractivity contribution in [2.24, 2.45) is 0 Å². The molecule has 2 amide bonds. The Balaban J connectivity index is 1.82. The summed E-state index contributed by atoms with van der Waals surface area (Å²) in [5.41, 5.74) is 2.35. The first-order chi connectivity index (χ1) is 13.1. The minimum Gasteiger partial charge on any atom is -0.495 e. The Kier molecular flexibility index (Phi) is 5.81. The molecule has 140 valence electrons. The quantitative estimate of drug-likeness (QED) is 0.715. The van der Waals surface area contributed by atoms with E-state index in [0.717, 1.165) is 24.2 Å². The number of amides is 2. The number of para-hydroxylation sites is 2. The molecule has 1 aliphatic heterocycles. The van der Waals surface area contributed by atoms with Crippen LogP contribution < -0.4 is 15.0 Å². The Bertz CT molecular complexity index is 891. The third kappa shape index (κ3) is 3.83. The molecule has 0 saturated heterocycles. The van der Waals surface area contributed by atoms with Gasteiger partial charge in [0, 0.05) is 5.69 Å². The lowest BCUT2D eigenvalue weighted by atomic mass is 10.1. The molecule has 1 heterocycles. The second kappa shape index (κ2) is 8.27. The van der Waals surface area contributed by atoms with Gasteiger partial charge >= 0.3 is 0 Å². The SMILES string of the molecule is CCCCc1ccc(NC2=C(Cl)C(=O)N(c3ccccc3OC)C2=O)cc1. The van der Waals surface area contributed by atoms with E-state index < -0.39 is 11.8 Å². The Morgan fingerprint density at radius 2 is 1.74 bits per heavy atom. The van der Waals surface area contributed by atoms with Gasteiger partial charge in [-0.1, -0.05) is 49.2 Å². The number of hydrogen-bond donors (Lipinski definition) is 1. The predicted molar refractivity (Wildman–Crippen MR) is 107 cm³/mol. The average Bonchev–Trinajstić information content (AvgIpc) is 2.90. The molecule has 0 atom stereocenters. The van der Waals surface area contributed by atoms with Crippen LogP contribution in [-0.4, -0.2) is 18.9 Å². The Morgan fingerprint density at radius 1 is 1.04 bits per heavy atom. The van der Waals surface area contributed by atoms with Crippen molar-refractivity contribution in [2.75, 3.05) is 17.3 Å². The molecule has 0 aromatic heterocycles. The summed E-state index contributed by atoms with van der Waals surface area (Å²) in [7, 11) is 1.48. The number of methoxy groups -OCH3 is 1. The third-order valence-electron chi connectivity index (χ3n) is 4.40. The zero-order valence-electron chi connectivity index (χ0n) is 15.3. The van der Waals surface area contributed by atoms with Crippen molar-refractivity contribution < 1.29 is 14.3 Å². The van der Waals surface area contributed by atoms with E-state index >= 15 is 0 Å². The molecule has 0 unspecified atom stereocenters. The second-order valence-electron chi connectivity index (χ2n) is 6.23. The van der Waals surface area contributed by atoms with Crippen LogP contribution in [0.25, 0.3) is 0 Å². The van der Waals surface area contributed by atoms with E-state index in [1.54, 1.807) is 24.3 Å². The molecule has 6 heteroatoms. The lowest BCUT2D eigenvalue weighted by Crippen LogP contribution is -2.32. The number of nitrogens with zero attached hydrogens (tertiary/aromatic N) is 1. The van der Waals surface area contributed by atoms with Gasteiger partial charge in [0.05, 0.1) is 12.8 Å². The number of carbonyl (C=O) groups is 2. The number of aryl methyl sites for hydroxylation is 1. The number of ether oxygens (including phenoxy) is 1. The van der Waals surface area contributed by atoms with E-state index in [9.17, 15) is 9.59 Å². The van der Waals surface area contributed by atoms with Gasteiger partial charge in [-0.05, 0) is 42.7 Å². The van der Waals surface area contributed by atoms with E-state index in [1.807, 2.05) is 24.3 Å². The van der Waals surface area contributed by atoms with E-state index in [0.29, 0.717) is 17.1 Å². The summed E-state index contributed by atoms with van der Waals surface area (Å²) in [5, 5.41) is 2.85. The van der Waals surface area contributed by atoms with E-state index in [1.165, 1.54) is 12.7 Å². The molecule has 0 aliphatic carbocycles. The number of benzene rings is 2. The summed E-state index contributed by atoms with van der Waals surface area (Å²) in [6.45, 7) is 2.15. The summed E-state index contributed by atoms with van der Waals surface area (Å²) >= 11 is 6.18. The summed E-state index contributed by atoms with van der Waals surface area (Å²) in [6.07, 6.45) is 3.28. The van der Waals surface area contributed by atoms with Crippen molar-refractivity contribution >= 4 is 34.8 Å². The molecule has 0 fully saturated rings. The van der Waals surface area contributed by atoms with Crippen molar-refractivity contribution in [3.8, 4) is 5.75 Å². The fourth-order valence-corrected chi connectivity index (χ4v) is 3.14. The maximum absolute atomic E-state index is 12.9. The smallest absolute Gasteiger partial charge is 0.283 e. The second-order valence-corrected chi connectivity index (χ2v) is 6.61. The third-order valence-corrected chi connectivity index (χ3v) is 4.75. The Hall–Kier alpha value is -2.79. The molecular formula is C21H21ClN2O3.